The summed E-state index contributed by atoms with van der Waals surface area (Å²) in [5.41, 5.74) is 0. The molecule has 5 aliphatic rings. The van der Waals surface area contributed by atoms with Gasteiger partial charge in [0.05, 0.1) is 0 Å². The van der Waals surface area contributed by atoms with Crippen LogP contribution in [-0.4, -0.2) is 0 Å². The van der Waals surface area contributed by atoms with E-state index >= 15 is 0 Å². The molecular weight excluding hydrogens is 216 g/mol. The van der Waals surface area contributed by atoms with Crippen LogP contribution in [0.25, 0.3) is 0 Å². The molecule has 5 aliphatic carbocycles. The summed E-state index contributed by atoms with van der Waals surface area (Å²) in [7, 11) is 0. The molecular formula is C18H28. The summed E-state index contributed by atoms with van der Waals surface area (Å²) < 4.78 is 0. The van der Waals surface area contributed by atoms with Crippen LogP contribution in [-0.2, 0) is 0 Å². The van der Waals surface area contributed by atoms with Gasteiger partial charge in [0.15, 0.2) is 0 Å². The molecule has 0 bridgehead atoms. The third kappa shape index (κ3) is 1.23. The SMILES string of the molecule is C1CC2CCC3C4CCCC5CCC(C(C1)C23)C54. The van der Waals surface area contributed by atoms with Crippen LogP contribution in [0.15, 0.2) is 0 Å². The molecule has 0 amide bonds. The highest BCUT2D eigenvalue weighted by Crippen LogP contribution is 2.66. The van der Waals surface area contributed by atoms with E-state index in [1.54, 1.807) is 64.2 Å². The molecule has 0 N–H and O–H groups in total. The largest absolute Gasteiger partial charge is 0.0527 e. The van der Waals surface area contributed by atoms with Crippen LogP contribution in [0.2, 0.25) is 0 Å². The highest BCUT2D eigenvalue weighted by Gasteiger charge is 2.59. The first kappa shape index (κ1) is 10.7. The Kier molecular flexibility index (Phi) is 2.25. The lowest BCUT2D eigenvalue weighted by Crippen LogP contribution is -2.48. The van der Waals surface area contributed by atoms with Gasteiger partial charge >= 0.3 is 0 Å². The quantitative estimate of drug-likeness (QED) is 0.569. The molecule has 100 valence electrons. The minimum absolute atomic E-state index is 1.18. The minimum Gasteiger partial charge on any atom is -0.0527 e. The summed E-state index contributed by atoms with van der Waals surface area (Å²) in [5.74, 6) is 9.56. The highest BCUT2D eigenvalue weighted by molar-refractivity contribution is 5.08. The molecule has 0 heteroatoms. The zero-order valence-corrected chi connectivity index (χ0v) is 11.7. The van der Waals surface area contributed by atoms with E-state index in [-0.39, 0.29) is 0 Å². The van der Waals surface area contributed by atoms with Crippen LogP contribution >= 0.6 is 0 Å². The summed E-state index contributed by atoms with van der Waals surface area (Å²) in [4.78, 5) is 0. The fourth-order valence-electron chi connectivity index (χ4n) is 7.90. The summed E-state index contributed by atoms with van der Waals surface area (Å²) in [5, 5.41) is 0. The topological polar surface area (TPSA) is 0 Å². The second-order valence-corrected chi connectivity index (χ2v) is 8.35. The van der Waals surface area contributed by atoms with E-state index in [0.717, 1.165) is 0 Å². The number of rotatable bonds is 0. The standard InChI is InChI=1S/C18H28/c1-3-11-7-9-16-14-6-2-4-12-8-10-15(18(12)14)13(5-1)17(11)16/h11-18H,1-10H2. The van der Waals surface area contributed by atoms with Crippen molar-refractivity contribution in [3.63, 3.8) is 0 Å². The van der Waals surface area contributed by atoms with Gasteiger partial charge in [0.2, 0.25) is 0 Å². The van der Waals surface area contributed by atoms with Gasteiger partial charge in [0.25, 0.3) is 0 Å². The van der Waals surface area contributed by atoms with Gasteiger partial charge in [-0.1, -0.05) is 25.7 Å². The minimum atomic E-state index is 1.18. The van der Waals surface area contributed by atoms with Crippen molar-refractivity contribution in [3.05, 3.63) is 0 Å². The van der Waals surface area contributed by atoms with Gasteiger partial charge in [0, 0.05) is 0 Å². The first-order chi connectivity index (χ1) is 8.93. The first-order valence-corrected chi connectivity index (χ1v) is 8.93. The predicted molar refractivity (Wildman–Crippen MR) is 74.1 cm³/mol. The Balaban J connectivity index is 1.57. The van der Waals surface area contributed by atoms with Crippen molar-refractivity contribution in [3.8, 4) is 0 Å². The zero-order valence-electron chi connectivity index (χ0n) is 11.7. The number of hydrogen-bond acceptors (Lipinski definition) is 0. The summed E-state index contributed by atoms with van der Waals surface area (Å²) in [6.07, 6.45) is 16.1. The average molecular weight is 244 g/mol. The Bertz CT molecular complexity index is 312. The van der Waals surface area contributed by atoms with E-state index in [0.29, 0.717) is 0 Å². The normalized spacial score (nSPS) is 61.3. The van der Waals surface area contributed by atoms with Crippen molar-refractivity contribution >= 4 is 0 Å². The van der Waals surface area contributed by atoms with Crippen molar-refractivity contribution in [1.29, 1.82) is 0 Å². The van der Waals surface area contributed by atoms with E-state index in [2.05, 4.69) is 0 Å². The maximum Gasteiger partial charge on any atom is -0.0323 e. The van der Waals surface area contributed by atoms with Gasteiger partial charge in [-0.05, 0) is 85.9 Å². The fourth-order valence-corrected chi connectivity index (χ4v) is 7.90. The van der Waals surface area contributed by atoms with Gasteiger partial charge in [-0.2, -0.15) is 0 Å². The molecule has 5 saturated carbocycles. The second-order valence-electron chi connectivity index (χ2n) is 8.35. The van der Waals surface area contributed by atoms with Crippen LogP contribution in [0, 0.1) is 47.3 Å². The Morgan fingerprint density at radius 2 is 0.833 bits per heavy atom. The highest BCUT2D eigenvalue weighted by atomic mass is 14.6. The zero-order chi connectivity index (χ0) is 11.7. The molecule has 0 aromatic heterocycles. The molecule has 0 radical (unpaired) electrons. The van der Waals surface area contributed by atoms with Crippen LogP contribution in [0.5, 0.6) is 0 Å². The Labute approximate surface area is 112 Å². The molecule has 0 aliphatic heterocycles. The molecule has 0 saturated heterocycles. The lowest BCUT2D eigenvalue weighted by atomic mass is 9.51. The van der Waals surface area contributed by atoms with E-state index in [1.165, 1.54) is 47.3 Å². The molecule has 0 aromatic rings. The van der Waals surface area contributed by atoms with E-state index in [4.69, 9.17) is 0 Å². The summed E-state index contributed by atoms with van der Waals surface area (Å²) >= 11 is 0. The van der Waals surface area contributed by atoms with Crippen molar-refractivity contribution in [2.75, 3.05) is 0 Å². The molecule has 8 atom stereocenters. The molecule has 0 spiro atoms. The molecule has 5 rings (SSSR count). The Morgan fingerprint density at radius 1 is 0.389 bits per heavy atom. The van der Waals surface area contributed by atoms with Gasteiger partial charge in [-0.3, -0.25) is 0 Å². The van der Waals surface area contributed by atoms with Crippen molar-refractivity contribution in [2.24, 2.45) is 47.3 Å². The summed E-state index contributed by atoms with van der Waals surface area (Å²) in [6.45, 7) is 0. The number of fused-ring (bicyclic) bond motifs is 2. The Hall–Kier alpha value is 0. The van der Waals surface area contributed by atoms with Crippen LogP contribution in [0.1, 0.15) is 64.2 Å². The predicted octanol–water partition coefficient (Wildman–Crippen LogP) is 4.89. The summed E-state index contributed by atoms with van der Waals surface area (Å²) in [6, 6.07) is 0. The molecule has 5 fully saturated rings. The third-order valence-corrected chi connectivity index (χ3v) is 8.13. The molecule has 0 aromatic carbocycles. The Morgan fingerprint density at radius 3 is 1.33 bits per heavy atom. The lowest BCUT2D eigenvalue weighted by molar-refractivity contribution is -0.0569. The first-order valence-electron chi connectivity index (χ1n) is 8.93. The van der Waals surface area contributed by atoms with Crippen LogP contribution in [0.4, 0.5) is 0 Å². The van der Waals surface area contributed by atoms with Gasteiger partial charge in [-0.25, -0.2) is 0 Å². The second kappa shape index (κ2) is 3.76. The van der Waals surface area contributed by atoms with E-state index in [1.807, 2.05) is 0 Å². The van der Waals surface area contributed by atoms with Crippen LogP contribution < -0.4 is 0 Å². The molecule has 0 heterocycles. The van der Waals surface area contributed by atoms with Gasteiger partial charge < -0.3 is 0 Å². The number of hydrogen-bond donors (Lipinski definition) is 0. The van der Waals surface area contributed by atoms with Crippen molar-refractivity contribution in [1.82, 2.24) is 0 Å². The monoisotopic (exact) mass is 244 g/mol. The van der Waals surface area contributed by atoms with E-state index < -0.39 is 0 Å². The van der Waals surface area contributed by atoms with Gasteiger partial charge in [-0.15, -0.1) is 0 Å². The van der Waals surface area contributed by atoms with Gasteiger partial charge in [0.1, 0.15) is 0 Å². The molecule has 18 heavy (non-hydrogen) atoms. The smallest absolute Gasteiger partial charge is 0.0323 e. The van der Waals surface area contributed by atoms with Crippen molar-refractivity contribution in [2.45, 2.75) is 64.2 Å². The average Bonchev–Trinajstić information content (AvgIpc) is 3.01. The van der Waals surface area contributed by atoms with Crippen molar-refractivity contribution < 1.29 is 0 Å². The maximum atomic E-state index is 1.63. The fraction of sp³-hybridized carbons (Fsp3) is 1.00. The van der Waals surface area contributed by atoms with E-state index in [9.17, 15) is 0 Å². The maximum absolute atomic E-state index is 1.63. The molecule has 8 unspecified atom stereocenters. The lowest BCUT2D eigenvalue weighted by Gasteiger charge is -2.54. The van der Waals surface area contributed by atoms with Crippen LogP contribution in [0.3, 0.4) is 0 Å². The third-order valence-electron chi connectivity index (χ3n) is 8.13. The molecule has 0 nitrogen and oxygen atoms in total.